The first-order chi connectivity index (χ1) is 10.0. The smallest absolute Gasteiger partial charge is 0.261 e. The maximum atomic E-state index is 11.4. The van der Waals surface area contributed by atoms with Crippen molar-refractivity contribution in [2.75, 3.05) is 7.05 Å². The maximum absolute atomic E-state index is 11.4. The fraction of sp³-hybridized carbons (Fsp3) is 0.0667. The van der Waals surface area contributed by atoms with Crippen molar-refractivity contribution in [2.45, 2.75) is 0 Å². The molecule has 0 saturated carbocycles. The number of hydrogen-bond acceptors (Lipinski definition) is 3. The minimum absolute atomic E-state index is 0.0347. The van der Waals surface area contributed by atoms with Gasteiger partial charge in [-0.2, -0.15) is 5.26 Å². The summed E-state index contributed by atoms with van der Waals surface area (Å²) >= 11 is 11.8. The molecular formula is C15H10Cl2N2O2. The molecule has 1 heterocycles. The zero-order chi connectivity index (χ0) is 15.4. The van der Waals surface area contributed by atoms with Gasteiger partial charge < -0.3 is 9.73 Å². The number of amides is 1. The summed E-state index contributed by atoms with van der Waals surface area (Å²) < 4.78 is 5.58. The van der Waals surface area contributed by atoms with E-state index in [1.54, 1.807) is 30.3 Å². The van der Waals surface area contributed by atoms with Crippen LogP contribution in [-0.4, -0.2) is 13.0 Å². The van der Waals surface area contributed by atoms with Crippen LogP contribution in [0.3, 0.4) is 0 Å². The summed E-state index contributed by atoms with van der Waals surface area (Å²) in [5.74, 6) is 0.496. The van der Waals surface area contributed by atoms with Crippen molar-refractivity contribution < 1.29 is 9.21 Å². The molecule has 0 atom stereocenters. The van der Waals surface area contributed by atoms with Gasteiger partial charge in [-0.05, 0) is 30.3 Å². The summed E-state index contributed by atoms with van der Waals surface area (Å²) in [6, 6.07) is 10.3. The topological polar surface area (TPSA) is 66.0 Å². The third kappa shape index (κ3) is 3.46. The van der Waals surface area contributed by atoms with E-state index in [-0.39, 0.29) is 5.57 Å². The van der Waals surface area contributed by atoms with Gasteiger partial charge in [-0.3, -0.25) is 4.79 Å². The number of nitrogens with zero attached hydrogens (tertiary/aromatic N) is 1. The highest BCUT2D eigenvalue weighted by Crippen LogP contribution is 2.29. The van der Waals surface area contributed by atoms with Crippen LogP contribution in [0.2, 0.25) is 10.0 Å². The lowest BCUT2D eigenvalue weighted by Gasteiger charge is -1.99. The van der Waals surface area contributed by atoms with Gasteiger partial charge in [-0.15, -0.1) is 0 Å². The third-order valence-corrected chi connectivity index (χ3v) is 3.45. The molecule has 1 amide bonds. The van der Waals surface area contributed by atoms with Gasteiger partial charge in [0.05, 0.1) is 10.0 Å². The highest BCUT2D eigenvalue weighted by Gasteiger charge is 2.10. The normalized spacial score (nSPS) is 11.0. The first-order valence-electron chi connectivity index (χ1n) is 5.94. The van der Waals surface area contributed by atoms with Crippen LogP contribution in [0.1, 0.15) is 5.76 Å². The third-order valence-electron chi connectivity index (χ3n) is 2.71. The van der Waals surface area contributed by atoms with Crippen molar-refractivity contribution in [3.05, 3.63) is 51.7 Å². The standard InChI is InChI=1S/C15H10Cl2N2O2/c1-19-15(20)10(8-18)6-11-3-5-14(21-11)9-2-4-12(16)13(17)7-9/h2-7H,1H3,(H,19,20). The predicted molar refractivity (Wildman–Crippen MR) is 81.8 cm³/mol. The summed E-state index contributed by atoms with van der Waals surface area (Å²) in [7, 11) is 1.46. The molecule has 106 valence electrons. The minimum atomic E-state index is -0.468. The summed E-state index contributed by atoms with van der Waals surface area (Å²) in [6.45, 7) is 0. The Labute approximate surface area is 131 Å². The molecule has 0 aliphatic rings. The Morgan fingerprint density at radius 1 is 1.29 bits per heavy atom. The number of hydrogen-bond donors (Lipinski definition) is 1. The lowest BCUT2D eigenvalue weighted by molar-refractivity contribution is -0.116. The molecule has 0 unspecified atom stereocenters. The first kappa shape index (κ1) is 15.2. The van der Waals surface area contributed by atoms with E-state index < -0.39 is 5.91 Å². The van der Waals surface area contributed by atoms with E-state index in [9.17, 15) is 4.79 Å². The van der Waals surface area contributed by atoms with E-state index >= 15 is 0 Å². The highest BCUT2D eigenvalue weighted by molar-refractivity contribution is 6.42. The van der Waals surface area contributed by atoms with Crippen LogP contribution in [0.5, 0.6) is 0 Å². The Morgan fingerprint density at radius 2 is 2.05 bits per heavy atom. The van der Waals surface area contributed by atoms with Gasteiger partial charge in [-0.25, -0.2) is 0 Å². The van der Waals surface area contributed by atoms with E-state index in [2.05, 4.69) is 5.32 Å². The molecule has 1 aromatic heterocycles. The van der Waals surface area contributed by atoms with Crippen molar-refractivity contribution >= 4 is 35.2 Å². The Kier molecular flexibility index (Phi) is 4.69. The van der Waals surface area contributed by atoms with E-state index in [1.807, 2.05) is 6.07 Å². The van der Waals surface area contributed by atoms with Crippen LogP contribution in [0.25, 0.3) is 17.4 Å². The average Bonchev–Trinajstić information content (AvgIpc) is 2.95. The Bertz CT molecular complexity index is 757. The molecular weight excluding hydrogens is 311 g/mol. The quantitative estimate of drug-likeness (QED) is 0.688. The van der Waals surface area contributed by atoms with Crippen LogP contribution >= 0.6 is 23.2 Å². The van der Waals surface area contributed by atoms with Crippen molar-refractivity contribution in [1.82, 2.24) is 5.32 Å². The molecule has 1 aromatic carbocycles. The fourth-order valence-electron chi connectivity index (χ4n) is 1.66. The number of benzene rings is 1. The second-order valence-electron chi connectivity index (χ2n) is 4.08. The van der Waals surface area contributed by atoms with Gasteiger partial charge in [0.15, 0.2) is 0 Å². The largest absolute Gasteiger partial charge is 0.457 e. The highest BCUT2D eigenvalue weighted by atomic mass is 35.5. The lowest BCUT2D eigenvalue weighted by Crippen LogP contribution is -2.18. The second-order valence-corrected chi connectivity index (χ2v) is 4.89. The molecule has 4 nitrogen and oxygen atoms in total. The van der Waals surface area contributed by atoms with Crippen LogP contribution in [0, 0.1) is 11.3 Å². The van der Waals surface area contributed by atoms with Crippen molar-refractivity contribution in [1.29, 1.82) is 5.26 Å². The van der Waals surface area contributed by atoms with Gasteiger partial charge in [0.25, 0.3) is 5.91 Å². The Hall–Kier alpha value is -2.22. The summed E-state index contributed by atoms with van der Waals surface area (Å²) in [5.41, 5.74) is 0.718. The van der Waals surface area contributed by atoms with Crippen LogP contribution in [-0.2, 0) is 4.79 Å². The van der Waals surface area contributed by atoms with Gasteiger partial charge in [0, 0.05) is 18.7 Å². The monoisotopic (exact) mass is 320 g/mol. The van der Waals surface area contributed by atoms with Crippen molar-refractivity contribution in [3.8, 4) is 17.4 Å². The number of carbonyl (C=O) groups excluding carboxylic acids is 1. The summed E-state index contributed by atoms with van der Waals surface area (Å²) in [6.07, 6.45) is 1.37. The van der Waals surface area contributed by atoms with E-state index in [4.69, 9.17) is 32.9 Å². The first-order valence-corrected chi connectivity index (χ1v) is 6.70. The molecule has 1 N–H and O–H groups in total. The Morgan fingerprint density at radius 3 is 2.67 bits per heavy atom. The van der Waals surface area contributed by atoms with Crippen LogP contribution in [0.15, 0.2) is 40.3 Å². The number of likely N-dealkylation sites (N-methyl/N-ethyl adjacent to an activating group) is 1. The molecule has 0 bridgehead atoms. The summed E-state index contributed by atoms with van der Waals surface area (Å²) in [4.78, 5) is 11.4. The number of furan rings is 1. The molecule has 2 rings (SSSR count). The number of nitriles is 1. The molecule has 6 heteroatoms. The average molecular weight is 321 g/mol. The molecule has 0 aliphatic heterocycles. The molecule has 0 spiro atoms. The SMILES string of the molecule is CNC(=O)C(C#N)=Cc1ccc(-c2ccc(Cl)c(Cl)c2)o1. The van der Waals surface area contributed by atoms with Gasteiger partial charge in [0.1, 0.15) is 23.2 Å². The zero-order valence-electron chi connectivity index (χ0n) is 11.0. The molecule has 0 radical (unpaired) electrons. The second kappa shape index (κ2) is 6.49. The predicted octanol–water partition coefficient (Wildman–Crippen LogP) is 3.91. The van der Waals surface area contributed by atoms with Gasteiger partial charge >= 0.3 is 0 Å². The molecule has 21 heavy (non-hydrogen) atoms. The molecule has 0 aliphatic carbocycles. The minimum Gasteiger partial charge on any atom is -0.457 e. The van der Waals surface area contributed by atoms with Crippen molar-refractivity contribution in [2.24, 2.45) is 0 Å². The molecule has 0 fully saturated rings. The number of nitrogens with one attached hydrogen (secondary N) is 1. The van der Waals surface area contributed by atoms with E-state index in [0.717, 1.165) is 5.56 Å². The van der Waals surface area contributed by atoms with Gasteiger partial charge in [0.2, 0.25) is 0 Å². The van der Waals surface area contributed by atoms with E-state index in [1.165, 1.54) is 13.1 Å². The number of halogens is 2. The van der Waals surface area contributed by atoms with Crippen LogP contribution in [0.4, 0.5) is 0 Å². The summed E-state index contributed by atoms with van der Waals surface area (Å²) in [5, 5.41) is 12.2. The lowest BCUT2D eigenvalue weighted by atomic mass is 10.2. The maximum Gasteiger partial charge on any atom is 0.261 e. The number of carbonyl (C=O) groups is 1. The molecule has 0 saturated heterocycles. The zero-order valence-corrected chi connectivity index (χ0v) is 12.5. The van der Waals surface area contributed by atoms with E-state index in [0.29, 0.717) is 21.6 Å². The van der Waals surface area contributed by atoms with Crippen LogP contribution < -0.4 is 5.32 Å². The molecule has 2 aromatic rings. The fourth-order valence-corrected chi connectivity index (χ4v) is 1.96. The van der Waals surface area contributed by atoms with Gasteiger partial charge in [-0.1, -0.05) is 23.2 Å². The Balaban J connectivity index is 2.34. The van der Waals surface area contributed by atoms with Crippen molar-refractivity contribution in [3.63, 3.8) is 0 Å². The number of rotatable bonds is 3.